The molecule has 0 aliphatic heterocycles. The molecule has 4 heteroatoms. The molecule has 0 saturated carbocycles. The molecule has 12 aromatic rings. The third kappa shape index (κ3) is 4.53. The summed E-state index contributed by atoms with van der Waals surface area (Å²) >= 11 is 0. The Morgan fingerprint density at radius 2 is 0.964 bits per heavy atom. The molecule has 9 aromatic carbocycles. The van der Waals surface area contributed by atoms with Crippen molar-refractivity contribution in [2.24, 2.45) is 0 Å². The maximum atomic E-state index is 6.31. The van der Waals surface area contributed by atoms with Gasteiger partial charge in [0.25, 0.3) is 0 Å². The average molecular weight is 714 g/mol. The number of hydrogen-bond donors (Lipinski definition) is 0. The Balaban J connectivity index is 1.19. The third-order valence-corrected chi connectivity index (χ3v) is 11.4. The fourth-order valence-electron chi connectivity index (χ4n) is 8.91. The lowest BCUT2D eigenvalue weighted by molar-refractivity contribution is 0.669. The van der Waals surface area contributed by atoms with Gasteiger partial charge in [0.1, 0.15) is 11.2 Å². The number of hydrogen-bond acceptors (Lipinski definition) is 3. The van der Waals surface area contributed by atoms with Crippen molar-refractivity contribution in [2.75, 3.05) is 0 Å². The van der Waals surface area contributed by atoms with Gasteiger partial charge in [-0.25, -0.2) is 9.97 Å². The Morgan fingerprint density at radius 3 is 1.82 bits per heavy atom. The zero-order chi connectivity index (χ0) is 36.7. The summed E-state index contributed by atoms with van der Waals surface area (Å²) in [5, 5.41) is 10.4. The van der Waals surface area contributed by atoms with Crippen LogP contribution in [0.3, 0.4) is 0 Å². The first-order valence-corrected chi connectivity index (χ1v) is 19.0. The summed E-state index contributed by atoms with van der Waals surface area (Å²) in [7, 11) is 0. The van der Waals surface area contributed by atoms with Crippen LogP contribution in [0.15, 0.2) is 192 Å². The first kappa shape index (κ1) is 30.9. The van der Waals surface area contributed by atoms with E-state index >= 15 is 0 Å². The molecular weight excluding hydrogens is 683 g/mol. The van der Waals surface area contributed by atoms with Gasteiger partial charge in [-0.1, -0.05) is 158 Å². The number of para-hydroxylation sites is 3. The molecule has 0 spiro atoms. The van der Waals surface area contributed by atoms with E-state index in [-0.39, 0.29) is 0 Å². The first-order chi connectivity index (χ1) is 27.8. The van der Waals surface area contributed by atoms with E-state index in [2.05, 4.69) is 174 Å². The number of nitrogens with zero attached hydrogens (tertiary/aromatic N) is 3. The van der Waals surface area contributed by atoms with Gasteiger partial charge in [0.15, 0.2) is 0 Å². The second kappa shape index (κ2) is 12.0. The third-order valence-electron chi connectivity index (χ3n) is 11.4. The Kier molecular flexibility index (Phi) is 6.60. The molecule has 0 aliphatic rings. The molecule has 0 unspecified atom stereocenters. The smallest absolute Gasteiger partial charge is 0.235 e. The summed E-state index contributed by atoms with van der Waals surface area (Å²) in [4.78, 5) is 10.9. The van der Waals surface area contributed by atoms with Crippen molar-refractivity contribution in [2.45, 2.75) is 0 Å². The van der Waals surface area contributed by atoms with Crippen molar-refractivity contribution < 1.29 is 4.42 Å². The predicted octanol–water partition coefficient (Wildman–Crippen LogP) is 13.9. The van der Waals surface area contributed by atoms with E-state index in [0.717, 1.165) is 88.2 Å². The Labute approximate surface area is 321 Å². The summed E-state index contributed by atoms with van der Waals surface area (Å²) < 4.78 is 8.64. The minimum absolute atomic E-state index is 0.641. The van der Waals surface area contributed by atoms with Crippen LogP contribution < -0.4 is 0 Å². The maximum absolute atomic E-state index is 6.31. The summed E-state index contributed by atoms with van der Waals surface area (Å²) in [6.07, 6.45) is 0. The Hall–Kier alpha value is -7.56. The highest BCUT2D eigenvalue weighted by Crippen LogP contribution is 2.45. The molecule has 260 valence electrons. The number of fused-ring (bicyclic) bond motifs is 12. The van der Waals surface area contributed by atoms with Crippen LogP contribution in [0.4, 0.5) is 0 Å². The number of furan rings is 1. The van der Waals surface area contributed by atoms with E-state index in [4.69, 9.17) is 14.4 Å². The topological polar surface area (TPSA) is 43.9 Å². The molecule has 0 amide bonds. The summed E-state index contributed by atoms with van der Waals surface area (Å²) in [6.45, 7) is 0. The van der Waals surface area contributed by atoms with Crippen LogP contribution in [-0.2, 0) is 0 Å². The molecule has 56 heavy (non-hydrogen) atoms. The summed E-state index contributed by atoms with van der Waals surface area (Å²) in [5.41, 5.74) is 11.3. The lowest BCUT2D eigenvalue weighted by Gasteiger charge is -2.15. The van der Waals surface area contributed by atoms with Gasteiger partial charge in [-0.3, -0.25) is 4.57 Å². The van der Waals surface area contributed by atoms with E-state index in [1.54, 1.807) is 0 Å². The van der Waals surface area contributed by atoms with Gasteiger partial charge in [0.05, 0.1) is 22.2 Å². The standard InChI is InChI=1S/C52H31N3O/c1-2-14-32(15-3-1)49-43-23-8-10-26-45(43)53-52(54-49)55-50-36(24-13-25-44(50)48-41-21-6-4-18-37(41)38-19-5-7-22-42(38)51(48)55)35-17-12-16-33(30-35)34-28-29-40-39-20-9-11-27-46(39)56-47(40)31-34/h1-31H. The van der Waals surface area contributed by atoms with Crippen LogP contribution >= 0.6 is 0 Å². The van der Waals surface area contributed by atoms with Crippen molar-refractivity contribution in [3.05, 3.63) is 188 Å². The second-order valence-corrected chi connectivity index (χ2v) is 14.5. The molecule has 0 atom stereocenters. The normalized spacial score (nSPS) is 11.9. The van der Waals surface area contributed by atoms with Crippen LogP contribution in [0.5, 0.6) is 0 Å². The first-order valence-electron chi connectivity index (χ1n) is 19.0. The molecule has 0 radical (unpaired) electrons. The largest absolute Gasteiger partial charge is 0.456 e. The fraction of sp³-hybridized carbons (Fsp3) is 0. The summed E-state index contributed by atoms with van der Waals surface area (Å²) in [6, 6.07) is 66.6. The lowest BCUT2D eigenvalue weighted by Crippen LogP contribution is -2.04. The molecule has 0 bridgehead atoms. The van der Waals surface area contributed by atoms with Gasteiger partial charge >= 0.3 is 0 Å². The number of aromatic nitrogens is 3. The highest BCUT2D eigenvalue weighted by molar-refractivity contribution is 6.33. The Bertz CT molecular complexity index is 3540. The Morgan fingerprint density at radius 1 is 0.357 bits per heavy atom. The van der Waals surface area contributed by atoms with Crippen molar-refractivity contribution in [3.63, 3.8) is 0 Å². The molecule has 0 saturated heterocycles. The van der Waals surface area contributed by atoms with Crippen molar-refractivity contribution in [1.82, 2.24) is 14.5 Å². The van der Waals surface area contributed by atoms with E-state index in [1.165, 1.54) is 21.5 Å². The van der Waals surface area contributed by atoms with Crippen LogP contribution in [-0.4, -0.2) is 14.5 Å². The van der Waals surface area contributed by atoms with E-state index in [1.807, 2.05) is 18.2 Å². The van der Waals surface area contributed by atoms with Gasteiger partial charge in [-0.2, -0.15) is 0 Å². The van der Waals surface area contributed by atoms with Gasteiger partial charge in [-0.05, 0) is 63.2 Å². The molecule has 0 N–H and O–H groups in total. The van der Waals surface area contributed by atoms with E-state index in [0.29, 0.717) is 5.95 Å². The van der Waals surface area contributed by atoms with E-state index in [9.17, 15) is 0 Å². The molecule has 12 rings (SSSR count). The molecule has 3 aromatic heterocycles. The molecule has 4 nitrogen and oxygen atoms in total. The van der Waals surface area contributed by atoms with Crippen LogP contribution in [0.1, 0.15) is 0 Å². The van der Waals surface area contributed by atoms with Crippen LogP contribution in [0.25, 0.3) is 116 Å². The van der Waals surface area contributed by atoms with Crippen molar-refractivity contribution in [3.8, 4) is 39.5 Å². The molecule has 0 fully saturated rings. The average Bonchev–Trinajstić information content (AvgIpc) is 3.83. The maximum Gasteiger partial charge on any atom is 0.235 e. The van der Waals surface area contributed by atoms with Crippen LogP contribution in [0, 0.1) is 0 Å². The number of rotatable bonds is 4. The fourth-order valence-corrected chi connectivity index (χ4v) is 8.91. The highest BCUT2D eigenvalue weighted by Gasteiger charge is 2.24. The minimum atomic E-state index is 0.641. The quantitative estimate of drug-likeness (QED) is 0.171. The monoisotopic (exact) mass is 713 g/mol. The molecule has 0 aliphatic carbocycles. The van der Waals surface area contributed by atoms with Crippen molar-refractivity contribution in [1.29, 1.82) is 0 Å². The van der Waals surface area contributed by atoms with Gasteiger partial charge in [-0.15, -0.1) is 0 Å². The summed E-state index contributed by atoms with van der Waals surface area (Å²) in [5.74, 6) is 0.641. The zero-order valence-electron chi connectivity index (χ0n) is 30.1. The molecule has 3 heterocycles. The van der Waals surface area contributed by atoms with Crippen molar-refractivity contribution >= 4 is 76.2 Å². The molecular formula is C52H31N3O. The predicted molar refractivity (Wildman–Crippen MR) is 232 cm³/mol. The van der Waals surface area contributed by atoms with Crippen LogP contribution in [0.2, 0.25) is 0 Å². The van der Waals surface area contributed by atoms with Gasteiger partial charge in [0.2, 0.25) is 5.95 Å². The van der Waals surface area contributed by atoms with Gasteiger partial charge < -0.3 is 4.42 Å². The lowest BCUT2D eigenvalue weighted by atomic mass is 9.95. The SMILES string of the molecule is c1ccc(-c2nc(-n3c4c(-c5cccc(-c6ccc7c(c6)oc6ccccc67)c5)cccc4c4c5ccccc5c5ccccc5c43)nc3ccccc23)cc1. The highest BCUT2D eigenvalue weighted by atomic mass is 16.3. The minimum Gasteiger partial charge on any atom is -0.456 e. The number of benzene rings is 9. The van der Waals surface area contributed by atoms with E-state index < -0.39 is 0 Å². The zero-order valence-corrected chi connectivity index (χ0v) is 30.1. The second-order valence-electron chi connectivity index (χ2n) is 14.5. The van der Waals surface area contributed by atoms with Gasteiger partial charge in [0, 0.05) is 43.4 Å².